The minimum Gasteiger partial charge on any atom is -0.494 e. The molecule has 0 fully saturated rings. The number of anilines is 1. The van der Waals surface area contributed by atoms with E-state index in [0.29, 0.717) is 17.1 Å². The first-order valence-corrected chi connectivity index (χ1v) is 9.71. The third-order valence-corrected chi connectivity index (χ3v) is 5.46. The zero-order valence-corrected chi connectivity index (χ0v) is 17.3. The van der Waals surface area contributed by atoms with Crippen LogP contribution in [0.2, 0.25) is 0 Å². The molecule has 0 radical (unpaired) electrons. The van der Waals surface area contributed by atoms with E-state index in [9.17, 15) is 14.0 Å². The van der Waals surface area contributed by atoms with Gasteiger partial charge < -0.3 is 10.1 Å². The Morgan fingerprint density at radius 2 is 2.00 bits per heavy atom. The highest BCUT2D eigenvalue weighted by Crippen LogP contribution is 2.38. The number of carbonyl (C=O) groups excluding carboxylic acids is 2. The average molecular weight is 458 g/mol. The molecule has 0 spiro atoms. The number of methoxy groups -OCH3 is 1. The van der Waals surface area contributed by atoms with E-state index in [-0.39, 0.29) is 29.4 Å². The number of carbonyl (C=O) groups is 2. The van der Waals surface area contributed by atoms with Gasteiger partial charge in [0.2, 0.25) is 5.91 Å². The number of hydrogen-bond acceptors (Lipinski definition) is 4. The molecule has 29 heavy (non-hydrogen) atoms. The Balaban J connectivity index is 1.78. The Morgan fingerprint density at radius 1 is 1.28 bits per heavy atom. The normalized spacial score (nSPS) is 15.6. The first-order chi connectivity index (χ1) is 13.9. The summed E-state index contributed by atoms with van der Waals surface area (Å²) in [6, 6.07) is 11.5. The summed E-state index contributed by atoms with van der Waals surface area (Å²) in [7, 11) is 1.36. The van der Waals surface area contributed by atoms with Crippen LogP contribution in [0.5, 0.6) is 5.75 Å². The first-order valence-electron chi connectivity index (χ1n) is 8.92. The van der Waals surface area contributed by atoms with Gasteiger partial charge in [-0.25, -0.2) is 9.07 Å². The number of aryl methyl sites for hydroxylation is 1. The number of amides is 1. The minimum atomic E-state index is -0.740. The van der Waals surface area contributed by atoms with Crippen LogP contribution in [0.1, 0.15) is 34.0 Å². The van der Waals surface area contributed by atoms with Gasteiger partial charge in [0.15, 0.2) is 17.3 Å². The van der Waals surface area contributed by atoms with Gasteiger partial charge in [-0.3, -0.25) is 9.59 Å². The second-order valence-corrected chi connectivity index (χ2v) is 7.67. The number of nitrogens with one attached hydrogen (secondary N) is 1. The lowest BCUT2D eigenvalue weighted by molar-refractivity contribution is -0.116. The van der Waals surface area contributed by atoms with Gasteiger partial charge in [-0.2, -0.15) is 5.10 Å². The number of benzene rings is 2. The first kappa shape index (κ1) is 19.3. The molecule has 0 saturated carbocycles. The molecule has 1 unspecified atom stereocenters. The summed E-state index contributed by atoms with van der Waals surface area (Å²) < 4.78 is 21.6. The number of ketones is 1. The van der Waals surface area contributed by atoms with Crippen molar-refractivity contribution in [3.8, 4) is 11.4 Å². The fourth-order valence-corrected chi connectivity index (χ4v) is 3.83. The van der Waals surface area contributed by atoms with Crippen LogP contribution < -0.4 is 10.1 Å². The maximum absolute atomic E-state index is 14.1. The van der Waals surface area contributed by atoms with Crippen molar-refractivity contribution in [1.82, 2.24) is 9.78 Å². The number of halogens is 2. The number of fused-ring (bicyclic) bond motifs is 1. The minimum absolute atomic E-state index is 0.0215. The van der Waals surface area contributed by atoms with Crippen molar-refractivity contribution in [3.63, 3.8) is 0 Å². The smallest absolute Gasteiger partial charge is 0.226 e. The standard InChI is InChI=1S/C21H17BrFN3O3/c1-11-19-15(20(28)12-3-8-17(29-2)16(23)9-12)10-18(27)24-21(19)26(25-11)14-6-4-13(22)5-7-14/h3-9,15H,10H2,1-2H3,(H,24,27). The number of ether oxygens (including phenoxy) is 1. The molecule has 2 aromatic carbocycles. The molecule has 8 heteroatoms. The highest BCUT2D eigenvalue weighted by Gasteiger charge is 2.36. The van der Waals surface area contributed by atoms with E-state index in [2.05, 4.69) is 26.3 Å². The lowest BCUT2D eigenvalue weighted by atomic mass is 9.85. The molecule has 0 saturated heterocycles. The molecule has 4 rings (SSSR count). The van der Waals surface area contributed by atoms with Crippen LogP contribution in [0.3, 0.4) is 0 Å². The van der Waals surface area contributed by atoms with Crippen molar-refractivity contribution >= 4 is 33.4 Å². The summed E-state index contributed by atoms with van der Waals surface area (Å²) in [5.74, 6) is -1.46. The quantitative estimate of drug-likeness (QED) is 0.589. The van der Waals surface area contributed by atoms with E-state index < -0.39 is 11.7 Å². The number of nitrogens with zero attached hydrogens (tertiary/aromatic N) is 2. The average Bonchev–Trinajstić information content (AvgIpc) is 3.03. The van der Waals surface area contributed by atoms with Gasteiger partial charge in [-0.15, -0.1) is 0 Å². The van der Waals surface area contributed by atoms with E-state index in [1.807, 2.05) is 24.3 Å². The van der Waals surface area contributed by atoms with Crippen molar-refractivity contribution in [2.24, 2.45) is 0 Å². The number of hydrogen-bond donors (Lipinski definition) is 1. The molecular formula is C21H17BrFN3O3. The zero-order valence-electron chi connectivity index (χ0n) is 15.7. The largest absolute Gasteiger partial charge is 0.494 e. The Kier molecular flexibility index (Phi) is 4.96. The van der Waals surface area contributed by atoms with Gasteiger partial charge in [0, 0.05) is 22.0 Å². The molecule has 1 amide bonds. The topological polar surface area (TPSA) is 73.2 Å². The third-order valence-electron chi connectivity index (χ3n) is 4.93. The molecule has 1 N–H and O–H groups in total. The monoisotopic (exact) mass is 457 g/mol. The SMILES string of the molecule is COc1ccc(C(=O)C2CC(=O)Nc3c2c(C)nn3-c2ccc(Br)cc2)cc1F. The maximum atomic E-state index is 14.1. The third kappa shape index (κ3) is 3.44. The number of aromatic nitrogens is 2. The zero-order chi connectivity index (χ0) is 20.7. The molecule has 1 aliphatic heterocycles. The molecule has 0 bridgehead atoms. The van der Waals surface area contributed by atoms with Gasteiger partial charge in [-0.05, 0) is 49.4 Å². The molecule has 6 nitrogen and oxygen atoms in total. The summed E-state index contributed by atoms with van der Waals surface area (Å²) in [5, 5.41) is 7.37. The van der Waals surface area contributed by atoms with Crippen molar-refractivity contribution in [1.29, 1.82) is 0 Å². The van der Waals surface area contributed by atoms with E-state index in [4.69, 9.17) is 4.74 Å². The molecule has 2 heterocycles. The van der Waals surface area contributed by atoms with Gasteiger partial charge in [0.1, 0.15) is 5.82 Å². The molecule has 1 aromatic heterocycles. The molecule has 148 valence electrons. The van der Waals surface area contributed by atoms with E-state index in [1.165, 1.54) is 19.2 Å². The summed E-state index contributed by atoms with van der Waals surface area (Å²) in [6.07, 6.45) is -0.0215. The Morgan fingerprint density at radius 3 is 2.66 bits per heavy atom. The van der Waals surface area contributed by atoms with Crippen molar-refractivity contribution < 1.29 is 18.7 Å². The van der Waals surface area contributed by atoms with E-state index >= 15 is 0 Å². The van der Waals surface area contributed by atoms with E-state index in [0.717, 1.165) is 16.2 Å². The van der Waals surface area contributed by atoms with Crippen molar-refractivity contribution in [2.75, 3.05) is 12.4 Å². The predicted octanol–water partition coefficient (Wildman–Crippen LogP) is 4.40. The summed E-state index contributed by atoms with van der Waals surface area (Å²) in [6.45, 7) is 1.79. The second-order valence-electron chi connectivity index (χ2n) is 6.75. The van der Waals surface area contributed by atoms with Crippen LogP contribution in [-0.2, 0) is 4.79 Å². The van der Waals surface area contributed by atoms with E-state index in [1.54, 1.807) is 11.6 Å². The van der Waals surface area contributed by atoms with Gasteiger partial charge in [-0.1, -0.05) is 15.9 Å². The van der Waals surface area contributed by atoms with Crippen molar-refractivity contribution in [3.05, 3.63) is 69.6 Å². The highest BCUT2D eigenvalue weighted by molar-refractivity contribution is 9.10. The lowest BCUT2D eigenvalue weighted by Gasteiger charge is -2.23. The number of Topliss-reactive ketones (excluding diaryl/α,β-unsaturated/α-hetero) is 1. The summed E-state index contributed by atoms with van der Waals surface area (Å²) in [5.41, 5.74) is 2.22. The second kappa shape index (κ2) is 7.44. The summed E-state index contributed by atoms with van der Waals surface area (Å²) in [4.78, 5) is 25.6. The van der Waals surface area contributed by atoms with Crippen LogP contribution in [-0.4, -0.2) is 28.6 Å². The molecule has 1 aliphatic rings. The Hall–Kier alpha value is -3.00. The van der Waals surface area contributed by atoms with Crippen LogP contribution in [0.15, 0.2) is 46.9 Å². The Labute approximate surface area is 174 Å². The van der Waals surface area contributed by atoms with Gasteiger partial charge in [0.25, 0.3) is 0 Å². The van der Waals surface area contributed by atoms with Crippen LogP contribution in [0, 0.1) is 12.7 Å². The molecule has 0 aliphatic carbocycles. The number of rotatable bonds is 4. The fraction of sp³-hybridized carbons (Fsp3) is 0.190. The summed E-state index contributed by atoms with van der Waals surface area (Å²) >= 11 is 3.39. The maximum Gasteiger partial charge on any atom is 0.226 e. The fourth-order valence-electron chi connectivity index (χ4n) is 3.56. The van der Waals surface area contributed by atoms with Crippen LogP contribution in [0.4, 0.5) is 10.2 Å². The predicted molar refractivity (Wildman–Crippen MR) is 109 cm³/mol. The van der Waals surface area contributed by atoms with Gasteiger partial charge in [0.05, 0.1) is 24.4 Å². The van der Waals surface area contributed by atoms with Crippen LogP contribution in [0.25, 0.3) is 5.69 Å². The Bertz CT molecular complexity index is 1120. The molecule has 1 atom stereocenters. The molecular weight excluding hydrogens is 441 g/mol. The molecule has 3 aromatic rings. The van der Waals surface area contributed by atoms with Gasteiger partial charge >= 0.3 is 0 Å². The lowest BCUT2D eigenvalue weighted by Crippen LogP contribution is -2.28. The van der Waals surface area contributed by atoms with Crippen LogP contribution >= 0.6 is 15.9 Å². The highest BCUT2D eigenvalue weighted by atomic mass is 79.9. The van der Waals surface area contributed by atoms with Crippen molar-refractivity contribution in [2.45, 2.75) is 19.3 Å².